The number of benzene rings is 3. The van der Waals surface area contributed by atoms with Crippen LogP contribution in [0.5, 0.6) is 5.75 Å². The first-order chi connectivity index (χ1) is 9.56. The van der Waals surface area contributed by atoms with Crippen LogP contribution in [0.25, 0.3) is 21.9 Å². The van der Waals surface area contributed by atoms with E-state index in [9.17, 15) is 18.3 Å². The molecule has 1 N–H and O–H groups in total. The summed E-state index contributed by atoms with van der Waals surface area (Å²) in [6.45, 7) is 0. The van der Waals surface area contributed by atoms with Crippen LogP contribution in [0.1, 0.15) is 0 Å². The number of aromatic hydroxyl groups is 1. The quantitative estimate of drug-likeness (QED) is 0.641. The highest BCUT2D eigenvalue weighted by Gasteiger charge is 2.13. The second-order valence-electron chi connectivity index (χ2n) is 4.47. The third-order valence-electron chi connectivity index (χ3n) is 3.17. The highest BCUT2D eigenvalue weighted by Crippen LogP contribution is 2.29. The van der Waals surface area contributed by atoms with Crippen molar-refractivity contribution in [3.05, 3.63) is 66.0 Å². The molecular weight excluding hydrogens is 265 g/mol. The molecule has 3 aromatic rings. The molecule has 0 atom stereocenters. The molecule has 0 heterocycles. The summed E-state index contributed by atoms with van der Waals surface area (Å²) >= 11 is 0. The minimum Gasteiger partial charge on any atom is -0.508 e. The lowest BCUT2D eigenvalue weighted by Crippen LogP contribution is -1.92. The van der Waals surface area contributed by atoms with Gasteiger partial charge < -0.3 is 5.11 Å². The van der Waals surface area contributed by atoms with Crippen LogP contribution >= 0.6 is 0 Å². The summed E-state index contributed by atoms with van der Waals surface area (Å²) < 4.78 is 40.0. The average molecular weight is 274 g/mol. The monoisotopic (exact) mass is 274 g/mol. The number of phenolic OH excluding ortho intramolecular Hbond substituents is 1. The molecule has 0 aromatic heterocycles. The summed E-state index contributed by atoms with van der Waals surface area (Å²) in [6.07, 6.45) is 0. The van der Waals surface area contributed by atoms with Gasteiger partial charge in [0.25, 0.3) is 0 Å². The van der Waals surface area contributed by atoms with Gasteiger partial charge in [-0.05, 0) is 40.8 Å². The van der Waals surface area contributed by atoms with Crippen LogP contribution in [0.3, 0.4) is 0 Å². The predicted octanol–water partition coefficient (Wildman–Crippen LogP) is 4.63. The molecule has 1 nitrogen and oxygen atoms in total. The lowest BCUT2D eigenvalue weighted by molar-refractivity contribution is 0.453. The fourth-order valence-corrected chi connectivity index (χ4v) is 2.14. The first-order valence-electron chi connectivity index (χ1n) is 5.93. The van der Waals surface area contributed by atoms with E-state index in [0.29, 0.717) is 0 Å². The van der Waals surface area contributed by atoms with Crippen LogP contribution in [-0.4, -0.2) is 5.11 Å². The summed E-state index contributed by atoms with van der Waals surface area (Å²) in [5.74, 6) is -3.72. The van der Waals surface area contributed by atoms with Crippen LogP contribution < -0.4 is 0 Å². The van der Waals surface area contributed by atoms with Gasteiger partial charge in [-0.2, -0.15) is 0 Å². The molecule has 0 fully saturated rings. The first kappa shape index (κ1) is 12.5. The van der Waals surface area contributed by atoms with Crippen molar-refractivity contribution in [2.45, 2.75) is 0 Å². The van der Waals surface area contributed by atoms with Crippen molar-refractivity contribution in [2.24, 2.45) is 0 Å². The van der Waals surface area contributed by atoms with E-state index >= 15 is 0 Å². The largest absolute Gasteiger partial charge is 0.508 e. The Labute approximate surface area is 112 Å². The SMILES string of the molecule is Oc1ccc(-c2ccc3c(F)c(F)c(F)cc3c2)cc1. The summed E-state index contributed by atoms with van der Waals surface area (Å²) in [5, 5.41) is 9.56. The average Bonchev–Trinajstić information content (AvgIpc) is 2.45. The molecule has 0 spiro atoms. The van der Waals surface area contributed by atoms with Gasteiger partial charge in [-0.25, -0.2) is 13.2 Å². The van der Waals surface area contributed by atoms with E-state index in [1.165, 1.54) is 18.2 Å². The van der Waals surface area contributed by atoms with Crippen molar-refractivity contribution in [3.63, 3.8) is 0 Å². The number of halogens is 3. The Kier molecular flexibility index (Phi) is 2.86. The van der Waals surface area contributed by atoms with Crippen LogP contribution in [0.2, 0.25) is 0 Å². The normalized spacial score (nSPS) is 10.9. The molecule has 0 aliphatic heterocycles. The maximum absolute atomic E-state index is 13.6. The maximum Gasteiger partial charge on any atom is 0.195 e. The molecule has 0 aliphatic rings. The van der Waals surface area contributed by atoms with E-state index in [-0.39, 0.29) is 16.5 Å². The number of rotatable bonds is 1. The van der Waals surface area contributed by atoms with Gasteiger partial charge >= 0.3 is 0 Å². The molecule has 20 heavy (non-hydrogen) atoms. The Morgan fingerprint density at radius 2 is 1.35 bits per heavy atom. The predicted molar refractivity (Wildman–Crippen MR) is 70.9 cm³/mol. The molecule has 3 aromatic carbocycles. The third-order valence-corrected chi connectivity index (χ3v) is 3.17. The van der Waals surface area contributed by atoms with Crippen molar-refractivity contribution in [1.29, 1.82) is 0 Å². The lowest BCUT2D eigenvalue weighted by Gasteiger charge is -2.06. The van der Waals surface area contributed by atoms with Crippen LogP contribution in [0.4, 0.5) is 13.2 Å². The van der Waals surface area contributed by atoms with Crippen LogP contribution in [-0.2, 0) is 0 Å². The standard InChI is InChI=1S/C16H9F3O/c17-14-8-11-7-10(9-1-4-12(20)5-2-9)3-6-13(11)15(18)16(14)19/h1-8,20H. The van der Waals surface area contributed by atoms with Crippen molar-refractivity contribution in [1.82, 2.24) is 0 Å². The number of phenols is 1. The molecule has 0 unspecified atom stereocenters. The van der Waals surface area contributed by atoms with Gasteiger partial charge in [0.1, 0.15) is 5.75 Å². The highest BCUT2D eigenvalue weighted by molar-refractivity contribution is 5.88. The maximum atomic E-state index is 13.6. The van der Waals surface area contributed by atoms with Gasteiger partial charge in [0.15, 0.2) is 17.5 Å². The zero-order valence-electron chi connectivity index (χ0n) is 10.2. The fraction of sp³-hybridized carbons (Fsp3) is 0. The number of hydrogen-bond acceptors (Lipinski definition) is 1. The van der Waals surface area contributed by atoms with Crippen molar-refractivity contribution in [2.75, 3.05) is 0 Å². The van der Waals surface area contributed by atoms with E-state index in [1.54, 1.807) is 24.3 Å². The summed E-state index contributed by atoms with van der Waals surface area (Å²) in [4.78, 5) is 0. The topological polar surface area (TPSA) is 20.2 Å². The van der Waals surface area contributed by atoms with Gasteiger partial charge in [-0.15, -0.1) is 0 Å². The summed E-state index contributed by atoms with van der Waals surface area (Å²) in [7, 11) is 0. The van der Waals surface area contributed by atoms with Gasteiger partial charge in [0.05, 0.1) is 0 Å². The second-order valence-corrected chi connectivity index (χ2v) is 4.47. The Hall–Kier alpha value is -2.49. The van der Waals surface area contributed by atoms with E-state index in [2.05, 4.69) is 0 Å². The van der Waals surface area contributed by atoms with E-state index < -0.39 is 17.5 Å². The Morgan fingerprint density at radius 3 is 2.05 bits per heavy atom. The van der Waals surface area contributed by atoms with Gasteiger partial charge in [0, 0.05) is 5.39 Å². The van der Waals surface area contributed by atoms with Crippen LogP contribution in [0, 0.1) is 17.5 Å². The minimum atomic E-state index is -1.46. The molecule has 0 amide bonds. The zero-order valence-corrected chi connectivity index (χ0v) is 10.2. The molecule has 3 rings (SSSR count). The van der Waals surface area contributed by atoms with Crippen molar-refractivity contribution < 1.29 is 18.3 Å². The number of fused-ring (bicyclic) bond motifs is 1. The van der Waals surface area contributed by atoms with Gasteiger partial charge in [0.2, 0.25) is 0 Å². The third kappa shape index (κ3) is 1.99. The summed E-state index contributed by atoms with van der Waals surface area (Å²) in [5.41, 5.74) is 1.51. The van der Waals surface area contributed by atoms with Gasteiger partial charge in [-0.1, -0.05) is 24.3 Å². The smallest absolute Gasteiger partial charge is 0.195 e. The molecule has 0 radical (unpaired) electrons. The highest BCUT2D eigenvalue weighted by atomic mass is 19.2. The molecule has 0 saturated heterocycles. The zero-order chi connectivity index (χ0) is 14.3. The minimum absolute atomic E-state index is 0.0337. The molecule has 0 aliphatic carbocycles. The van der Waals surface area contributed by atoms with E-state index in [1.807, 2.05) is 0 Å². The molecular formula is C16H9F3O. The number of hydrogen-bond donors (Lipinski definition) is 1. The Bertz CT molecular complexity index is 795. The molecule has 100 valence electrons. The fourth-order valence-electron chi connectivity index (χ4n) is 2.14. The second kappa shape index (κ2) is 4.56. The Balaban J connectivity index is 2.20. The molecule has 4 heteroatoms. The first-order valence-corrected chi connectivity index (χ1v) is 5.93. The van der Waals surface area contributed by atoms with Crippen molar-refractivity contribution >= 4 is 10.8 Å². The lowest BCUT2D eigenvalue weighted by atomic mass is 10.0. The summed E-state index contributed by atoms with van der Waals surface area (Å²) in [6, 6.07) is 12.0. The Morgan fingerprint density at radius 1 is 0.700 bits per heavy atom. The molecule has 0 saturated carbocycles. The van der Waals surface area contributed by atoms with Crippen LogP contribution in [0.15, 0.2) is 48.5 Å². The van der Waals surface area contributed by atoms with E-state index in [4.69, 9.17) is 0 Å². The van der Waals surface area contributed by atoms with Crippen molar-refractivity contribution in [3.8, 4) is 16.9 Å². The van der Waals surface area contributed by atoms with E-state index in [0.717, 1.165) is 17.2 Å². The van der Waals surface area contributed by atoms with Gasteiger partial charge in [-0.3, -0.25) is 0 Å². The molecule has 0 bridgehead atoms.